The first-order valence-corrected chi connectivity index (χ1v) is 13.3. The second-order valence-corrected chi connectivity index (χ2v) is 10.6. The molecule has 0 aromatic heterocycles. The summed E-state index contributed by atoms with van der Waals surface area (Å²) in [6, 6.07) is 6.93. The van der Waals surface area contributed by atoms with Gasteiger partial charge in [0.05, 0.1) is 39.4 Å². The van der Waals surface area contributed by atoms with Crippen LogP contribution in [0.5, 0.6) is 0 Å². The van der Waals surface area contributed by atoms with Gasteiger partial charge >= 0.3 is 6.18 Å². The summed E-state index contributed by atoms with van der Waals surface area (Å²) in [5.41, 5.74) is 6.73. The number of nitrogens with one attached hydrogen (secondary N) is 1. The van der Waals surface area contributed by atoms with Crippen LogP contribution < -0.4 is 16.0 Å². The average Bonchev–Trinajstić information content (AvgIpc) is 3.33. The van der Waals surface area contributed by atoms with Crippen LogP contribution in [0.15, 0.2) is 30.3 Å². The summed E-state index contributed by atoms with van der Waals surface area (Å²) < 4.78 is 52.8. The van der Waals surface area contributed by atoms with Crippen molar-refractivity contribution < 1.29 is 27.2 Å². The number of hydrogen-bond acceptors (Lipinski definition) is 5. The normalized spacial score (nSPS) is 18.9. The van der Waals surface area contributed by atoms with E-state index < -0.39 is 36.3 Å². The highest BCUT2D eigenvalue weighted by atomic mass is 35.5. The summed E-state index contributed by atoms with van der Waals surface area (Å²) in [5.74, 6) is -1.83. The Kier molecular flexibility index (Phi) is 9.25. The Morgan fingerprint density at radius 3 is 2.36 bits per heavy atom. The maximum absolute atomic E-state index is 15.0. The number of benzene rings is 2. The molecule has 4 rings (SSSR count). The van der Waals surface area contributed by atoms with E-state index in [0.29, 0.717) is 62.6 Å². The highest BCUT2D eigenvalue weighted by Crippen LogP contribution is 2.36. The van der Waals surface area contributed by atoms with E-state index in [1.807, 2.05) is 9.80 Å². The van der Waals surface area contributed by atoms with Crippen LogP contribution in [-0.4, -0.2) is 73.1 Å². The van der Waals surface area contributed by atoms with E-state index >= 15 is 4.39 Å². The third-order valence-electron chi connectivity index (χ3n) is 7.07. The van der Waals surface area contributed by atoms with Gasteiger partial charge in [0.1, 0.15) is 5.82 Å². The minimum Gasteiger partial charge on any atom is -0.368 e. The van der Waals surface area contributed by atoms with Gasteiger partial charge in [-0.05, 0) is 49.2 Å². The molecule has 0 radical (unpaired) electrons. The van der Waals surface area contributed by atoms with Gasteiger partial charge in [-0.3, -0.25) is 19.4 Å². The molecular weight excluding hydrogens is 561 g/mol. The molecule has 39 heavy (non-hydrogen) atoms. The fourth-order valence-corrected chi connectivity index (χ4v) is 5.32. The van der Waals surface area contributed by atoms with Gasteiger partial charge in [0.25, 0.3) is 5.91 Å². The predicted octanol–water partition coefficient (Wildman–Crippen LogP) is 4.91. The van der Waals surface area contributed by atoms with E-state index in [9.17, 15) is 22.8 Å². The summed E-state index contributed by atoms with van der Waals surface area (Å²) in [6.45, 7) is 2.53. The number of rotatable bonds is 8. The Balaban J connectivity index is 1.45. The third kappa shape index (κ3) is 7.53. The monoisotopic (exact) mass is 589 g/mol. The molecule has 2 aromatic carbocycles. The van der Waals surface area contributed by atoms with Crippen LogP contribution in [-0.2, 0) is 11.3 Å². The number of amides is 2. The molecule has 2 aliphatic rings. The lowest BCUT2D eigenvalue weighted by molar-refractivity contribution is -0.138. The van der Waals surface area contributed by atoms with Crippen molar-refractivity contribution in [1.82, 2.24) is 9.80 Å². The molecule has 2 amide bonds. The summed E-state index contributed by atoms with van der Waals surface area (Å²) in [6.07, 6.45) is -3.61. The third-order valence-corrected chi connectivity index (χ3v) is 7.79. The highest BCUT2D eigenvalue weighted by Gasteiger charge is 2.30. The van der Waals surface area contributed by atoms with Crippen molar-refractivity contribution in [1.29, 1.82) is 0 Å². The van der Waals surface area contributed by atoms with E-state index in [2.05, 4.69) is 5.32 Å². The number of nitrogens with zero attached hydrogens (tertiary/aromatic N) is 3. The second-order valence-electron chi connectivity index (χ2n) is 9.78. The summed E-state index contributed by atoms with van der Waals surface area (Å²) in [5, 5.41) is 3.14. The molecule has 7 nitrogen and oxygen atoms in total. The van der Waals surface area contributed by atoms with Crippen molar-refractivity contribution in [2.45, 2.75) is 38.0 Å². The zero-order valence-electron chi connectivity index (χ0n) is 21.0. The lowest BCUT2D eigenvalue weighted by atomic mass is 10.1. The molecule has 212 valence electrons. The fraction of sp³-hybridized carbons (Fsp3) is 0.462. The zero-order valence-corrected chi connectivity index (χ0v) is 22.6. The van der Waals surface area contributed by atoms with Gasteiger partial charge < -0.3 is 16.0 Å². The molecule has 0 spiro atoms. The molecule has 0 bridgehead atoms. The van der Waals surface area contributed by atoms with Gasteiger partial charge in [0.15, 0.2) is 0 Å². The Morgan fingerprint density at radius 2 is 1.72 bits per heavy atom. The van der Waals surface area contributed by atoms with Crippen LogP contribution in [0, 0.1) is 5.82 Å². The number of likely N-dealkylation sites (tertiary alicyclic amines) is 1. The number of piperazine rings is 1. The van der Waals surface area contributed by atoms with Crippen LogP contribution in [0.3, 0.4) is 0 Å². The fourth-order valence-electron chi connectivity index (χ4n) is 5.00. The molecule has 13 heteroatoms. The van der Waals surface area contributed by atoms with E-state index in [1.54, 1.807) is 17.0 Å². The number of anilines is 2. The van der Waals surface area contributed by atoms with E-state index in [-0.39, 0.29) is 22.2 Å². The van der Waals surface area contributed by atoms with Crippen molar-refractivity contribution in [3.05, 3.63) is 57.3 Å². The molecule has 2 aliphatic heterocycles. The van der Waals surface area contributed by atoms with Gasteiger partial charge in [-0.15, -0.1) is 0 Å². The van der Waals surface area contributed by atoms with Crippen molar-refractivity contribution in [3.63, 3.8) is 0 Å². The van der Waals surface area contributed by atoms with Crippen LogP contribution in [0.4, 0.5) is 28.9 Å². The SMILES string of the molecule is NC(=O)C1CCCN1Cc1ccc(C(=O)Nc2cc(Cl)c(Cl)cc2N2CCN(CCC(F)(F)F)CC2)c(F)c1. The molecular formula is C26H29Cl2F4N5O2. The number of nitrogens with two attached hydrogens (primary N) is 1. The minimum atomic E-state index is -4.22. The molecule has 2 fully saturated rings. The van der Waals surface area contributed by atoms with Gasteiger partial charge in [-0.2, -0.15) is 13.2 Å². The Labute approximate surface area is 233 Å². The maximum Gasteiger partial charge on any atom is 0.390 e. The second kappa shape index (κ2) is 12.3. The van der Waals surface area contributed by atoms with Crippen LogP contribution in [0.2, 0.25) is 10.0 Å². The number of hydrogen-bond donors (Lipinski definition) is 2. The number of halogens is 6. The quantitative estimate of drug-likeness (QED) is 0.428. The van der Waals surface area contributed by atoms with E-state index in [0.717, 1.165) is 6.42 Å². The Morgan fingerprint density at radius 1 is 1.03 bits per heavy atom. The Hall–Kier alpha value is -2.60. The molecule has 2 saturated heterocycles. The van der Waals surface area contributed by atoms with Crippen LogP contribution >= 0.6 is 23.2 Å². The maximum atomic E-state index is 15.0. The first-order valence-electron chi connectivity index (χ1n) is 12.6. The summed E-state index contributed by atoms with van der Waals surface area (Å²) >= 11 is 12.4. The smallest absolute Gasteiger partial charge is 0.368 e. The standard InChI is InChI=1S/C26H29Cl2F4N5O2/c27-18-13-21(23(14-19(18)28)36-10-8-35(9-11-36)7-5-26(30,31)32)34-25(39)17-4-3-16(12-20(17)29)15-37-6-1-2-22(37)24(33)38/h3-4,12-14,22H,1-2,5-11,15H2,(H2,33,38)(H,34,39). The lowest BCUT2D eigenvalue weighted by Crippen LogP contribution is -2.47. The van der Waals surface area contributed by atoms with Crippen molar-refractivity contribution in [2.24, 2.45) is 5.73 Å². The average molecular weight is 590 g/mol. The van der Waals surface area contributed by atoms with Crippen molar-refractivity contribution in [3.8, 4) is 0 Å². The molecule has 2 aromatic rings. The molecule has 0 saturated carbocycles. The van der Waals surface area contributed by atoms with Gasteiger partial charge in [-0.25, -0.2) is 4.39 Å². The van der Waals surface area contributed by atoms with Gasteiger partial charge in [0.2, 0.25) is 5.91 Å². The lowest BCUT2D eigenvalue weighted by Gasteiger charge is -2.37. The topological polar surface area (TPSA) is 81.9 Å². The zero-order chi connectivity index (χ0) is 28.3. The first-order chi connectivity index (χ1) is 18.4. The first kappa shape index (κ1) is 29.4. The number of carbonyl (C=O) groups is 2. The number of carbonyl (C=O) groups excluding carboxylic acids is 2. The van der Waals surface area contributed by atoms with Gasteiger partial charge in [-0.1, -0.05) is 29.3 Å². The number of alkyl halides is 3. The van der Waals surface area contributed by atoms with Crippen molar-refractivity contribution in [2.75, 3.05) is 49.5 Å². The van der Waals surface area contributed by atoms with Crippen LogP contribution in [0.1, 0.15) is 35.2 Å². The Bertz CT molecular complexity index is 1220. The predicted molar refractivity (Wildman–Crippen MR) is 143 cm³/mol. The molecule has 1 atom stereocenters. The molecule has 0 aliphatic carbocycles. The van der Waals surface area contributed by atoms with E-state index in [1.165, 1.54) is 18.2 Å². The molecule has 1 unspecified atom stereocenters. The van der Waals surface area contributed by atoms with Gasteiger partial charge in [0, 0.05) is 39.3 Å². The minimum absolute atomic E-state index is 0.0848. The van der Waals surface area contributed by atoms with Crippen LogP contribution in [0.25, 0.3) is 0 Å². The summed E-state index contributed by atoms with van der Waals surface area (Å²) in [7, 11) is 0. The highest BCUT2D eigenvalue weighted by molar-refractivity contribution is 6.42. The molecule has 2 heterocycles. The summed E-state index contributed by atoms with van der Waals surface area (Å²) in [4.78, 5) is 30.2. The number of primary amides is 1. The largest absolute Gasteiger partial charge is 0.390 e. The van der Waals surface area contributed by atoms with E-state index in [4.69, 9.17) is 28.9 Å². The van der Waals surface area contributed by atoms with Crippen molar-refractivity contribution >= 4 is 46.4 Å². The molecule has 3 N–H and O–H groups in total.